The third-order valence-electron chi connectivity index (χ3n) is 19.2. The number of halogens is 1. The van der Waals surface area contributed by atoms with Crippen LogP contribution in [0.5, 0.6) is 5.75 Å². The normalized spacial score (nSPS) is 14.3. The Balaban J connectivity index is 1.16. The number of aromatic nitrogens is 6. The number of aliphatic hydroxyl groups is 3. The number of nitrogens with one attached hydrogen (secondary N) is 8. The van der Waals surface area contributed by atoms with Gasteiger partial charge in [-0.2, -0.15) is 5.21 Å². The molecule has 0 spiro atoms. The highest BCUT2D eigenvalue weighted by atomic mass is 19.1. The van der Waals surface area contributed by atoms with E-state index in [-0.39, 0.29) is 37.2 Å². The molecule has 0 fully saturated rings. The molecule has 0 radical (unpaired) electrons. The van der Waals surface area contributed by atoms with Crippen LogP contribution >= 0.6 is 0 Å². The smallest absolute Gasteiger partial charge is 0.305 e. The van der Waals surface area contributed by atoms with E-state index in [4.69, 9.17) is 16.0 Å². The number of hydrogen-bond donors (Lipinski definition) is 13. The number of H-pyrrole nitrogens is 2. The Morgan fingerprint density at radius 2 is 1.38 bits per heavy atom. The third kappa shape index (κ3) is 27.8. The molecule has 0 unspecified atom stereocenters. The van der Waals surface area contributed by atoms with Crippen LogP contribution in [0, 0.1) is 35.4 Å². The minimum Gasteiger partial charge on any atom is -0.494 e. The molecule has 0 saturated heterocycles. The lowest BCUT2D eigenvalue weighted by molar-refractivity contribution is -0.143. The molecule has 0 aliphatic rings. The van der Waals surface area contributed by atoms with Crippen LogP contribution in [0.15, 0.2) is 109 Å². The van der Waals surface area contributed by atoms with Crippen LogP contribution < -0.4 is 42.4 Å². The van der Waals surface area contributed by atoms with Gasteiger partial charge in [0, 0.05) is 80.8 Å². The minimum absolute atomic E-state index is 0.0142. The van der Waals surface area contributed by atoms with E-state index >= 15 is 4.39 Å². The Kier molecular flexibility index (Phi) is 35.0. The number of nitrogens with two attached hydrogens (primary N) is 1. The molecular weight excluding hydrogens is 1450 g/mol. The molecule has 6 aromatic rings. The van der Waals surface area contributed by atoms with Gasteiger partial charge in [-0.1, -0.05) is 103 Å². The first-order chi connectivity index (χ1) is 53.2. The van der Waals surface area contributed by atoms with E-state index in [0.717, 1.165) is 53.4 Å². The maximum atomic E-state index is 15.6. The van der Waals surface area contributed by atoms with Gasteiger partial charge in [0.2, 0.25) is 41.4 Å². The number of amides is 7. The predicted octanol–water partition coefficient (Wildman–Crippen LogP) is 4.11. The number of ketones is 4. The molecule has 2 heterocycles. The molecule has 4 aromatic carbocycles. The number of primary amides is 1. The maximum Gasteiger partial charge on any atom is 0.305 e. The summed E-state index contributed by atoms with van der Waals surface area (Å²) in [6.45, 7) is 9.80. The number of nitrogens with zero attached hydrogens (tertiary/aromatic N) is 7. The van der Waals surface area contributed by atoms with Crippen LogP contribution in [0.2, 0.25) is 0 Å². The van der Waals surface area contributed by atoms with Gasteiger partial charge in [-0.3, -0.25) is 57.5 Å². The number of ether oxygens (including phenoxy) is 1. The number of benzene rings is 4. The molecule has 602 valence electrons. The molecule has 0 aliphatic carbocycles. The van der Waals surface area contributed by atoms with Crippen molar-refractivity contribution in [2.75, 3.05) is 26.3 Å². The molecular formula is C78H101FN16O17. The zero-order chi connectivity index (χ0) is 82.2. The van der Waals surface area contributed by atoms with Crippen molar-refractivity contribution in [3.63, 3.8) is 0 Å². The number of carboxylic acids is 1. The zero-order valence-corrected chi connectivity index (χ0v) is 63.8. The van der Waals surface area contributed by atoms with Gasteiger partial charge in [0.15, 0.2) is 29.0 Å². The summed E-state index contributed by atoms with van der Waals surface area (Å²) in [4.78, 5) is 177. The largest absolute Gasteiger partial charge is 0.494 e. The van der Waals surface area contributed by atoms with Gasteiger partial charge in [-0.05, 0) is 143 Å². The van der Waals surface area contributed by atoms with Crippen LogP contribution in [-0.4, -0.2) is 190 Å². The Morgan fingerprint density at radius 1 is 0.705 bits per heavy atom. The lowest BCUT2D eigenvalue weighted by atomic mass is 9.76. The Labute approximate surface area is 646 Å². The van der Waals surface area contributed by atoms with Crippen LogP contribution in [0.3, 0.4) is 0 Å². The second-order valence-corrected chi connectivity index (χ2v) is 28.7. The lowest BCUT2D eigenvalue weighted by Crippen LogP contribution is -2.55. The van der Waals surface area contributed by atoms with E-state index in [1.165, 1.54) is 45.3 Å². The fourth-order valence-corrected chi connectivity index (χ4v) is 12.4. The van der Waals surface area contributed by atoms with Gasteiger partial charge >= 0.3 is 5.97 Å². The highest BCUT2D eigenvalue weighted by Crippen LogP contribution is 2.33. The molecule has 0 saturated carbocycles. The standard InChI is InChI=1S/C78H101FN16O17/c1-8-50-35-56(112-33-12-11-31-85-93-81)26-27-57(50)51-24-22-49(23-25-51)34-53(72(107)86-59(71(80)106)17-13-14-48-20-18-45(2)19-21-48)36-63(100)61(39-68(104)105)87-73(108)54(43-96)37-64(101)69(46(3)97)90-76(111)78(7,40-52-15-9-10-16-58(52)79)41-65(102)70(47(4)98)89-67(103)29-28-62(99)60(38-66-91-94-95-92-66)88-75(110)77(5,6)74(109)83-32-30-55-42-82-44-84-55/h9-10,15-16,18-27,35,42,44,46-47,53-54,59-61,69-70,96-98H,8,11-14,17,28-34,36-41,43H2,1-7H3,(H2,80,106)(H,82,84)(H,83,109)(H,86,107)(H,87,108)(H,88,110)(H,89,103)(H,90,111)(H,104,105)(H,91,92,94,95)/t46-,47-,53-,54+,59+,60+,61+,69+,70+,78+/m1/s1. The number of Topliss-reactive ketones (excluding diaryl/α,β-unsaturated/α-hetero) is 4. The third-order valence-corrected chi connectivity index (χ3v) is 19.2. The first-order valence-electron chi connectivity index (χ1n) is 37.0. The number of carbonyl (C=O) groups is 12. The van der Waals surface area contributed by atoms with E-state index < -0.39 is 193 Å². The molecule has 7 amide bonds. The number of imidazole rings is 1. The molecule has 6 rings (SSSR count). The maximum absolute atomic E-state index is 15.6. The lowest BCUT2D eigenvalue weighted by Gasteiger charge is -2.33. The minimum atomic E-state index is -2.11. The molecule has 112 heavy (non-hydrogen) atoms. The summed E-state index contributed by atoms with van der Waals surface area (Å²) in [6, 6.07) is 17.4. The number of carboxylic acid groups (broad SMARTS) is 1. The van der Waals surface area contributed by atoms with Crippen molar-refractivity contribution in [1.29, 1.82) is 0 Å². The summed E-state index contributed by atoms with van der Waals surface area (Å²) in [5, 5.41) is 75.0. The molecule has 0 aliphatic heterocycles. The first kappa shape index (κ1) is 89.4. The number of unbranched alkanes of at least 4 members (excludes halogenated alkanes) is 1. The van der Waals surface area contributed by atoms with Crippen molar-refractivity contribution in [2.24, 2.45) is 33.5 Å². The van der Waals surface area contributed by atoms with Crippen LogP contribution in [0.1, 0.15) is 145 Å². The number of aryl methyl sites for hydroxylation is 3. The first-order valence-corrected chi connectivity index (χ1v) is 37.0. The summed E-state index contributed by atoms with van der Waals surface area (Å²) in [5.74, 6) is -15.3. The molecule has 33 nitrogen and oxygen atoms in total. The monoisotopic (exact) mass is 1550 g/mol. The molecule has 0 bridgehead atoms. The summed E-state index contributed by atoms with van der Waals surface area (Å²) in [7, 11) is 0. The van der Waals surface area contributed by atoms with Gasteiger partial charge in [-0.25, -0.2) is 9.37 Å². The quantitative estimate of drug-likeness (QED) is 0.00840. The van der Waals surface area contributed by atoms with Crippen LogP contribution in [0.25, 0.3) is 21.6 Å². The molecule has 10 atom stereocenters. The van der Waals surface area contributed by atoms with Crippen molar-refractivity contribution in [3.05, 3.63) is 159 Å². The number of aliphatic hydroxyl groups excluding tert-OH is 3. The Bertz CT molecular complexity index is 4250. The van der Waals surface area contributed by atoms with Gasteiger partial charge in [0.25, 0.3) is 0 Å². The van der Waals surface area contributed by atoms with Crippen molar-refractivity contribution < 1.29 is 87.1 Å². The van der Waals surface area contributed by atoms with E-state index in [1.54, 1.807) is 18.3 Å². The summed E-state index contributed by atoms with van der Waals surface area (Å²) in [6.07, 6.45) is -3.04. The van der Waals surface area contributed by atoms with Gasteiger partial charge < -0.3 is 67.8 Å². The van der Waals surface area contributed by atoms with Gasteiger partial charge in [0.05, 0.1) is 61.6 Å². The van der Waals surface area contributed by atoms with E-state index in [2.05, 4.69) is 72.5 Å². The fourth-order valence-electron chi connectivity index (χ4n) is 12.4. The number of aliphatic carboxylic acids is 1. The number of azide groups is 1. The van der Waals surface area contributed by atoms with E-state index in [0.29, 0.717) is 63.0 Å². The molecule has 14 N–H and O–H groups in total. The van der Waals surface area contributed by atoms with Gasteiger partial charge in [-0.15, -0.1) is 10.2 Å². The van der Waals surface area contributed by atoms with Gasteiger partial charge in [0.1, 0.15) is 35.1 Å². The highest BCUT2D eigenvalue weighted by Gasteiger charge is 2.44. The summed E-state index contributed by atoms with van der Waals surface area (Å²) in [5.41, 5.74) is 16.4. The van der Waals surface area contributed by atoms with Crippen molar-refractivity contribution in [1.82, 2.24) is 62.5 Å². The van der Waals surface area contributed by atoms with E-state index in [1.807, 2.05) is 68.4 Å². The summed E-state index contributed by atoms with van der Waals surface area (Å²) >= 11 is 0. The Hall–Kier alpha value is -11.5. The zero-order valence-electron chi connectivity index (χ0n) is 63.8. The van der Waals surface area contributed by atoms with Crippen molar-refractivity contribution >= 4 is 70.5 Å². The second kappa shape index (κ2) is 43.8. The number of carbonyl (C=O) groups excluding carboxylic acids is 11. The molecule has 34 heteroatoms. The molecule has 2 aromatic heterocycles. The van der Waals surface area contributed by atoms with Crippen molar-refractivity contribution in [3.8, 4) is 16.9 Å². The average molecular weight is 1550 g/mol. The average Bonchev–Trinajstić information content (AvgIpc) is 0.827. The number of tetrazole rings is 1. The van der Waals surface area contributed by atoms with E-state index in [9.17, 15) is 78.0 Å². The number of aromatic amines is 2. The summed E-state index contributed by atoms with van der Waals surface area (Å²) < 4.78 is 21.5. The SMILES string of the molecule is CCc1cc(OCCCCN=[N+]=[N-])ccc1-c1ccc(C[C@H](CC(=O)[C@H](CC(=O)O)NC(=O)[C@H](CO)CC(=O)[C@@H](NC(=O)[C@](C)(CC(=O)[C@@H](NC(=O)CCC(=O)[C@H](Cc2nn[nH]n2)NC(=O)C(C)(C)C(=O)NCCc2cnc[nH]2)[C@@H](C)O)Cc2ccccc2F)[C@@H](C)O)C(=O)N[C@@H](CCCc2ccc(C)cc2)C(N)=O)cc1. The Morgan fingerprint density at radius 3 is 2.00 bits per heavy atom. The topological polar surface area (TPSA) is 525 Å². The second-order valence-electron chi connectivity index (χ2n) is 28.7. The number of rotatable bonds is 50. The highest BCUT2D eigenvalue weighted by molar-refractivity contribution is 6.06. The predicted molar refractivity (Wildman–Crippen MR) is 405 cm³/mol. The van der Waals surface area contributed by atoms with Crippen molar-refractivity contribution in [2.45, 2.75) is 194 Å². The van der Waals surface area contributed by atoms with Crippen LogP contribution in [-0.2, 0) is 96.1 Å². The van der Waals surface area contributed by atoms with Crippen LogP contribution in [0.4, 0.5) is 4.39 Å². The fraction of sp³-hybridized carbons (Fsp3) is 0.487. The number of hydrogen-bond acceptors (Lipinski definition) is 21.